The molecule has 2 aliphatic heterocycles. The molecule has 2 aromatic heterocycles. The molecule has 0 spiro atoms. The van der Waals surface area contributed by atoms with Gasteiger partial charge in [-0.25, -0.2) is 27.2 Å². The number of methoxy groups -OCH3 is 2. The SMILES string of the molecule is C.C.COC(=O)[C@H](Cc1ccc(-c2c(C)cc(C)n(C)c2=O)c2ccccc12)NC(=O)c1c(F)cc(N2CCOC[C@@H]2C)cc1F.COC(=O)[C@H](Cc1ccc(-c2c(C)cc(C)n(C)c2=O)c2ccccc12)NC(=O)c1c(F)cc(N2CCOC[C@@H]2C)cc1F. The van der Waals surface area contributed by atoms with E-state index in [0.717, 1.165) is 79.5 Å². The lowest BCUT2D eigenvalue weighted by molar-refractivity contribution is -0.143. The molecule has 0 aliphatic carbocycles. The Morgan fingerprint density at radius 3 is 1.19 bits per heavy atom. The number of ether oxygens (including phenoxy) is 4. The fourth-order valence-electron chi connectivity index (χ4n) is 11.8. The molecule has 8 aromatic rings. The van der Waals surface area contributed by atoms with Crippen LogP contribution in [0.1, 0.15) is 83.1 Å². The lowest BCUT2D eigenvalue weighted by atomic mass is 9.91. The molecule has 6 aromatic carbocycles. The van der Waals surface area contributed by atoms with Gasteiger partial charge in [0, 0.05) is 74.9 Å². The summed E-state index contributed by atoms with van der Waals surface area (Å²) < 4.78 is 84.8. The maximum absolute atomic E-state index is 15.2. The number of esters is 2. The van der Waals surface area contributed by atoms with Gasteiger partial charge in [0.15, 0.2) is 0 Å². The van der Waals surface area contributed by atoms with Crippen molar-refractivity contribution in [2.24, 2.45) is 14.1 Å². The standard InChI is InChI=1S/2C34H35F2N3O5.2CH4/c2*1-19-14-20(2)38(4)33(41)30(19)26-11-10-22(24-8-6-7-9-25(24)26)15-29(34(42)43-5)37-32(40)31-27(35)16-23(17-28(31)36)39-12-13-44-18-21(39)3;;/h2*6-11,14,16-17,21,29H,12-13,15,18H2,1-5H3,(H,37,40);2*1H4/t2*21-,29-;;/m00../s1. The minimum Gasteiger partial charge on any atom is -0.467 e. The number of amides is 2. The molecule has 2 saturated heterocycles. The van der Waals surface area contributed by atoms with Gasteiger partial charge in [0.1, 0.15) is 46.5 Å². The van der Waals surface area contributed by atoms with E-state index < -0.39 is 70.2 Å². The number of pyridine rings is 2. The van der Waals surface area contributed by atoms with Crippen LogP contribution in [0.2, 0.25) is 0 Å². The van der Waals surface area contributed by atoms with Crippen LogP contribution in [0.4, 0.5) is 28.9 Å². The van der Waals surface area contributed by atoms with Crippen molar-refractivity contribution in [1.29, 1.82) is 0 Å². The van der Waals surface area contributed by atoms with Crippen molar-refractivity contribution >= 4 is 56.7 Å². The first-order chi connectivity index (χ1) is 42.0. The van der Waals surface area contributed by atoms with Gasteiger partial charge in [-0.05, 0) is 133 Å². The number of aryl methyl sites for hydroxylation is 4. The predicted octanol–water partition coefficient (Wildman–Crippen LogP) is 11.0. The largest absolute Gasteiger partial charge is 0.467 e. The van der Waals surface area contributed by atoms with Crippen LogP contribution < -0.4 is 31.6 Å². The van der Waals surface area contributed by atoms with Gasteiger partial charge in [0.2, 0.25) is 0 Å². The molecule has 2 amide bonds. The van der Waals surface area contributed by atoms with Gasteiger partial charge in [-0.2, -0.15) is 0 Å². The highest BCUT2D eigenvalue weighted by Crippen LogP contribution is 2.35. The third-order valence-corrected chi connectivity index (χ3v) is 16.6. The van der Waals surface area contributed by atoms with Crippen LogP contribution in [0.25, 0.3) is 43.8 Å². The van der Waals surface area contributed by atoms with Gasteiger partial charge in [-0.3, -0.25) is 19.2 Å². The summed E-state index contributed by atoms with van der Waals surface area (Å²) in [6.07, 6.45) is -0.0343. The van der Waals surface area contributed by atoms with Crippen molar-refractivity contribution in [1.82, 2.24) is 19.8 Å². The number of anilines is 2. The third-order valence-electron chi connectivity index (χ3n) is 16.6. The Kier molecular flexibility index (Phi) is 22.0. The fourth-order valence-corrected chi connectivity index (χ4v) is 11.8. The second-order valence-corrected chi connectivity index (χ2v) is 22.4. The zero-order valence-electron chi connectivity index (χ0n) is 50.7. The van der Waals surface area contributed by atoms with Crippen molar-refractivity contribution < 1.29 is 55.7 Å². The molecule has 0 bridgehead atoms. The van der Waals surface area contributed by atoms with Crippen molar-refractivity contribution in [2.45, 2.75) is 93.4 Å². The molecule has 0 unspecified atom stereocenters. The highest BCUT2D eigenvalue weighted by Gasteiger charge is 2.32. The summed E-state index contributed by atoms with van der Waals surface area (Å²) in [6.45, 7) is 13.9. The summed E-state index contributed by atoms with van der Waals surface area (Å²) in [5.41, 5.74) is 6.11. The maximum atomic E-state index is 15.2. The van der Waals surface area contributed by atoms with Crippen LogP contribution in [0.15, 0.2) is 119 Å². The average molecular weight is 1240 g/mol. The van der Waals surface area contributed by atoms with E-state index in [4.69, 9.17) is 18.9 Å². The number of nitrogens with zero attached hydrogens (tertiary/aromatic N) is 4. The van der Waals surface area contributed by atoms with Crippen LogP contribution in [-0.4, -0.2) is 111 Å². The normalized spacial score (nSPS) is 15.4. The molecule has 4 atom stereocenters. The van der Waals surface area contributed by atoms with E-state index in [1.807, 2.05) is 124 Å². The Morgan fingerprint density at radius 2 is 0.867 bits per heavy atom. The van der Waals surface area contributed by atoms with Crippen molar-refractivity contribution in [3.8, 4) is 22.3 Å². The van der Waals surface area contributed by atoms with Crippen LogP contribution in [0.3, 0.4) is 0 Å². The van der Waals surface area contributed by atoms with Crippen molar-refractivity contribution in [2.75, 3.05) is 63.5 Å². The summed E-state index contributed by atoms with van der Waals surface area (Å²) in [5, 5.41) is 8.06. The van der Waals surface area contributed by atoms with Gasteiger partial charge < -0.3 is 48.5 Å². The molecule has 20 heteroatoms. The number of carbonyl (C=O) groups excluding carboxylic acids is 4. The molecule has 2 N–H and O–H groups in total. The highest BCUT2D eigenvalue weighted by atomic mass is 19.1. The van der Waals surface area contributed by atoms with Crippen LogP contribution in [0, 0.1) is 51.0 Å². The van der Waals surface area contributed by atoms with Crippen LogP contribution >= 0.6 is 0 Å². The lowest BCUT2D eigenvalue weighted by Gasteiger charge is -2.35. The Bertz CT molecular complexity index is 3860. The van der Waals surface area contributed by atoms with E-state index in [1.165, 1.54) is 14.2 Å². The monoisotopic (exact) mass is 1240 g/mol. The second-order valence-electron chi connectivity index (χ2n) is 22.4. The Balaban J connectivity index is 0.000000250. The highest BCUT2D eigenvalue weighted by molar-refractivity contribution is 6.02. The minimum atomic E-state index is -1.24. The molecule has 0 saturated carbocycles. The number of morpholine rings is 2. The molecule has 2 aliphatic rings. The molecular formula is C70H78F4N6O10. The van der Waals surface area contributed by atoms with E-state index in [-0.39, 0.29) is 50.9 Å². The summed E-state index contributed by atoms with van der Waals surface area (Å²) in [6, 6.07) is 27.8. The van der Waals surface area contributed by atoms with Crippen molar-refractivity contribution in [3.63, 3.8) is 0 Å². The number of benzene rings is 6. The molecule has 476 valence electrons. The van der Waals surface area contributed by atoms with Gasteiger partial charge in [-0.15, -0.1) is 0 Å². The molecule has 4 heterocycles. The quantitative estimate of drug-likeness (QED) is 0.0778. The average Bonchev–Trinajstić information content (AvgIpc) is 1.13. The minimum absolute atomic E-state index is 0. The van der Waals surface area contributed by atoms with E-state index >= 15 is 17.6 Å². The number of aromatic nitrogens is 2. The van der Waals surface area contributed by atoms with Crippen molar-refractivity contribution in [3.05, 3.63) is 198 Å². The molecule has 2 fully saturated rings. The summed E-state index contributed by atoms with van der Waals surface area (Å²) >= 11 is 0. The number of hydrogen-bond acceptors (Lipinski definition) is 12. The zero-order valence-corrected chi connectivity index (χ0v) is 50.7. The molecule has 90 heavy (non-hydrogen) atoms. The smallest absolute Gasteiger partial charge is 0.328 e. The first-order valence-electron chi connectivity index (χ1n) is 28.8. The number of hydrogen-bond donors (Lipinski definition) is 2. The molecular weight excluding hydrogens is 1160 g/mol. The number of rotatable bonds is 14. The van der Waals surface area contributed by atoms with E-state index in [9.17, 15) is 28.8 Å². The van der Waals surface area contributed by atoms with Gasteiger partial charge in [-0.1, -0.05) is 87.6 Å². The third kappa shape index (κ3) is 14.0. The fraction of sp³-hybridized carbons (Fsp3) is 0.343. The molecule has 0 radical (unpaired) electrons. The molecule has 10 rings (SSSR count). The van der Waals surface area contributed by atoms with Crippen LogP contribution in [-0.2, 0) is 55.5 Å². The Labute approximate surface area is 521 Å². The number of carbonyl (C=O) groups is 4. The first-order valence-corrected chi connectivity index (χ1v) is 28.8. The number of halogens is 4. The van der Waals surface area contributed by atoms with E-state index in [0.29, 0.717) is 73.1 Å². The second kappa shape index (κ2) is 29.0. The van der Waals surface area contributed by atoms with Gasteiger partial charge in [0.25, 0.3) is 22.9 Å². The molecule has 16 nitrogen and oxygen atoms in total. The van der Waals surface area contributed by atoms with E-state index in [1.54, 1.807) is 35.4 Å². The first kappa shape index (κ1) is 68.4. The summed E-state index contributed by atoms with van der Waals surface area (Å²) in [4.78, 5) is 82.3. The number of fused-ring (bicyclic) bond motifs is 2. The topological polar surface area (TPSA) is 180 Å². The summed E-state index contributed by atoms with van der Waals surface area (Å²) in [5.74, 6) is -7.83. The lowest BCUT2D eigenvalue weighted by Crippen LogP contribution is -2.44. The number of nitrogens with one attached hydrogen (secondary N) is 2. The Hall–Kier alpha value is -9.14. The van der Waals surface area contributed by atoms with E-state index in [2.05, 4.69) is 10.6 Å². The van der Waals surface area contributed by atoms with Crippen LogP contribution in [0.5, 0.6) is 0 Å². The maximum Gasteiger partial charge on any atom is 0.328 e. The predicted molar refractivity (Wildman–Crippen MR) is 344 cm³/mol. The van der Waals surface area contributed by atoms with Gasteiger partial charge >= 0.3 is 11.9 Å². The zero-order chi connectivity index (χ0) is 63.4. The summed E-state index contributed by atoms with van der Waals surface area (Å²) in [7, 11) is 5.81. The van der Waals surface area contributed by atoms with Gasteiger partial charge in [0.05, 0.1) is 51.8 Å². The Morgan fingerprint density at radius 1 is 0.533 bits per heavy atom.